The van der Waals surface area contributed by atoms with Gasteiger partial charge in [0.15, 0.2) is 0 Å². The van der Waals surface area contributed by atoms with E-state index in [4.69, 9.17) is 0 Å². The van der Waals surface area contributed by atoms with Gasteiger partial charge in [0.05, 0.1) is 16.5 Å². The fourth-order valence-electron chi connectivity index (χ4n) is 2.91. The molecule has 0 fully saturated rings. The zero-order chi connectivity index (χ0) is 22.2. The van der Waals surface area contributed by atoms with E-state index in [1.165, 1.54) is 0 Å². The van der Waals surface area contributed by atoms with Crippen LogP contribution in [0.4, 0.5) is 33.6 Å². The molecule has 2 amide bonds. The average molecular weight is 493 g/mol. The molecule has 0 unspecified atom stereocenters. The molecule has 0 aliphatic rings. The highest BCUT2D eigenvalue weighted by Crippen LogP contribution is 2.23. The molecule has 2 aromatic heterocycles. The first kappa shape index (κ1) is 21.3. The van der Waals surface area contributed by atoms with Gasteiger partial charge >= 0.3 is 6.03 Å². The van der Waals surface area contributed by atoms with Gasteiger partial charge in [0.2, 0.25) is 5.95 Å². The number of hydrogen-bond acceptors (Lipinski definition) is 6. The molecule has 5 N–H and O–H groups in total. The van der Waals surface area contributed by atoms with Crippen molar-refractivity contribution in [3.05, 3.63) is 83.5 Å². The van der Waals surface area contributed by atoms with E-state index in [2.05, 4.69) is 57.1 Å². The minimum Gasteiger partial charge on any atom is -0.369 e. The van der Waals surface area contributed by atoms with E-state index >= 15 is 0 Å². The number of carbonyl (C=O) groups excluding carboxylic acids is 1. The molecule has 0 saturated carbocycles. The molecule has 0 spiro atoms. The molecule has 32 heavy (non-hydrogen) atoms. The van der Waals surface area contributed by atoms with Crippen molar-refractivity contribution < 1.29 is 4.79 Å². The third-order valence-electron chi connectivity index (χ3n) is 4.38. The van der Waals surface area contributed by atoms with Gasteiger partial charge in [0.25, 0.3) is 0 Å². The van der Waals surface area contributed by atoms with E-state index in [-0.39, 0.29) is 6.03 Å². The summed E-state index contributed by atoms with van der Waals surface area (Å²) in [6.45, 7) is 0.676. The van der Waals surface area contributed by atoms with Crippen LogP contribution in [0.5, 0.6) is 0 Å². The van der Waals surface area contributed by atoms with Crippen LogP contribution in [0.15, 0.2) is 77.8 Å². The largest absolute Gasteiger partial charge is 0.369 e. The van der Waals surface area contributed by atoms with Crippen LogP contribution in [-0.2, 0) is 6.42 Å². The molecule has 9 nitrogen and oxygen atoms in total. The number of para-hydroxylation sites is 1. The number of carbonyl (C=O) groups is 1. The fraction of sp³-hybridized carbons (Fsp3) is 0.0909. The smallest absolute Gasteiger partial charge is 0.323 e. The molecule has 0 bridgehead atoms. The van der Waals surface area contributed by atoms with Gasteiger partial charge in [0.1, 0.15) is 5.82 Å². The van der Waals surface area contributed by atoms with Crippen LogP contribution in [0.1, 0.15) is 5.69 Å². The second-order valence-electron chi connectivity index (χ2n) is 6.78. The molecular formula is C22H21BrN8O. The van der Waals surface area contributed by atoms with Crippen LogP contribution in [-0.4, -0.2) is 32.5 Å². The summed E-state index contributed by atoms with van der Waals surface area (Å²) in [5.41, 5.74) is 3.07. The Balaban J connectivity index is 1.36. The number of H-pyrrole nitrogens is 1. The van der Waals surface area contributed by atoms with E-state index in [0.717, 1.165) is 28.0 Å². The number of nitrogens with zero attached hydrogens (tertiary/aromatic N) is 3. The number of anilines is 5. The van der Waals surface area contributed by atoms with Gasteiger partial charge in [-0.15, -0.1) is 0 Å². The van der Waals surface area contributed by atoms with Crippen LogP contribution >= 0.6 is 15.9 Å². The highest BCUT2D eigenvalue weighted by Gasteiger charge is 2.07. The number of urea groups is 1. The van der Waals surface area contributed by atoms with Gasteiger partial charge < -0.3 is 26.3 Å². The Hall–Kier alpha value is -3.92. The molecule has 4 rings (SSSR count). The van der Waals surface area contributed by atoms with Gasteiger partial charge in [-0.3, -0.25) is 0 Å². The summed E-state index contributed by atoms with van der Waals surface area (Å²) in [5, 5.41) is 12.1. The molecule has 0 atom stereocenters. The Morgan fingerprint density at radius 3 is 2.56 bits per heavy atom. The molecule has 0 radical (unpaired) electrons. The Kier molecular flexibility index (Phi) is 6.93. The molecule has 162 valence electrons. The van der Waals surface area contributed by atoms with E-state index in [1.54, 1.807) is 24.7 Å². The predicted molar refractivity (Wildman–Crippen MR) is 129 cm³/mol. The molecule has 4 aromatic rings. The minimum atomic E-state index is -0.323. The molecule has 0 aliphatic heterocycles. The maximum atomic E-state index is 12.2. The minimum absolute atomic E-state index is 0.323. The van der Waals surface area contributed by atoms with Gasteiger partial charge in [-0.1, -0.05) is 24.3 Å². The summed E-state index contributed by atoms with van der Waals surface area (Å²) in [5.74, 6) is 1.11. The second-order valence-corrected chi connectivity index (χ2v) is 7.63. The fourth-order valence-corrected chi connectivity index (χ4v) is 3.24. The lowest BCUT2D eigenvalue weighted by molar-refractivity contribution is 0.262. The molecule has 2 heterocycles. The first-order valence-electron chi connectivity index (χ1n) is 9.90. The van der Waals surface area contributed by atoms with Crippen LogP contribution in [0.25, 0.3) is 0 Å². The van der Waals surface area contributed by atoms with Crippen molar-refractivity contribution in [3.63, 3.8) is 0 Å². The zero-order valence-electron chi connectivity index (χ0n) is 17.0. The Morgan fingerprint density at radius 1 is 0.969 bits per heavy atom. The standard InChI is InChI=1S/C22H21BrN8O/c23-19-13-26-21(31-20(19)25-10-9-18-12-24-14-27-18)28-16-7-4-8-17(11-16)30-22(32)29-15-5-2-1-3-6-15/h1-8,11-14H,9-10H2,(H,24,27)(H2,29,30,32)(H2,25,26,28,31). The number of amides is 2. The first-order valence-corrected chi connectivity index (χ1v) is 10.7. The number of hydrogen-bond donors (Lipinski definition) is 5. The molecule has 0 saturated heterocycles. The summed E-state index contributed by atoms with van der Waals surface area (Å²) in [6.07, 6.45) is 5.97. The monoisotopic (exact) mass is 492 g/mol. The van der Waals surface area contributed by atoms with Crippen molar-refractivity contribution in [3.8, 4) is 0 Å². The SMILES string of the molecule is O=C(Nc1ccccc1)Nc1cccc(Nc2ncc(Br)c(NCCc3c[nH]cn3)n2)c1. The van der Waals surface area contributed by atoms with E-state index in [0.29, 0.717) is 24.0 Å². The molecule has 2 aromatic carbocycles. The van der Waals surface area contributed by atoms with Crippen molar-refractivity contribution in [2.24, 2.45) is 0 Å². The average Bonchev–Trinajstić information content (AvgIpc) is 3.30. The van der Waals surface area contributed by atoms with E-state index in [9.17, 15) is 4.79 Å². The second kappa shape index (κ2) is 10.4. The molecular weight excluding hydrogens is 472 g/mol. The number of rotatable bonds is 8. The van der Waals surface area contributed by atoms with E-state index < -0.39 is 0 Å². The number of halogens is 1. The summed E-state index contributed by atoms with van der Waals surface area (Å²) in [6, 6.07) is 16.3. The lowest BCUT2D eigenvalue weighted by Gasteiger charge is -2.11. The van der Waals surface area contributed by atoms with Gasteiger partial charge in [0, 0.05) is 42.4 Å². The first-order chi connectivity index (χ1) is 15.7. The summed E-state index contributed by atoms with van der Waals surface area (Å²) >= 11 is 3.47. The van der Waals surface area contributed by atoms with Crippen LogP contribution in [0.3, 0.4) is 0 Å². The number of benzene rings is 2. The van der Waals surface area contributed by atoms with Crippen molar-refractivity contribution in [1.82, 2.24) is 19.9 Å². The van der Waals surface area contributed by atoms with Crippen LogP contribution in [0, 0.1) is 0 Å². The van der Waals surface area contributed by atoms with E-state index in [1.807, 2.05) is 48.7 Å². The number of nitrogens with one attached hydrogen (secondary N) is 5. The van der Waals surface area contributed by atoms with Gasteiger partial charge in [-0.25, -0.2) is 14.8 Å². The quantitative estimate of drug-likeness (QED) is 0.236. The van der Waals surface area contributed by atoms with Crippen molar-refractivity contribution in [2.45, 2.75) is 6.42 Å². The van der Waals surface area contributed by atoms with Gasteiger partial charge in [-0.2, -0.15) is 4.98 Å². The van der Waals surface area contributed by atoms with Crippen molar-refractivity contribution >= 4 is 50.8 Å². The highest BCUT2D eigenvalue weighted by atomic mass is 79.9. The topological polar surface area (TPSA) is 120 Å². The molecule has 10 heteroatoms. The predicted octanol–water partition coefficient (Wildman–Crippen LogP) is 5.00. The van der Waals surface area contributed by atoms with Gasteiger partial charge in [-0.05, 0) is 46.3 Å². The lowest BCUT2D eigenvalue weighted by atomic mass is 10.3. The third kappa shape index (κ3) is 6.05. The van der Waals surface area contributed by atoms with Crippen LogP contribution < -0.4 is 21.3 Å². The van der Waals surface area contributed by atoms with Crippen molar-refractivity contribution in [1.29, 1.82) is 0 Å². The number of imidazole rings is 1. The maximum absolute atomic E-state index is 12.2. The normalized spacial score (nSPS) is 10.4. The number of aromatic amines is 1. The number of aromatic nitrogens is 4. The molecule has 0 aliphatic carbocycles. The van der Waals surface area contributed by atoms with Crippen LogP contribution in [0.2, 0.25) is 0 Å². The Morgan fingerprint density at radius 2 is 1.75 bits per heavy atom. The lowest BCUT2D eigenvalue weighted by Crippen LogP contribution is -2.19. The Labute approximate surface area is 193 Å². The summed E-state index contributed by atoms with van der Waals surface area (Å²) in [7, 11) is 0. The van der Waals surface area contributed by atoms with Crippen molar-refractivity contribution in [2.75, 3.05) is 27.8 Å². The maximum Gasteiger partial charge on any atom is 0.323 e. The zero-order valence-corrected chi connectivity index (χ0v) is 18.6. The summed E-state index contributed by atoms with van der Waals surface area (Å²) in [4.78, 5) is 28.2. The third-order valence-corrected chi connectivity index (χ3v) is 4.96. The highest BCUT2D eigenvalue weighted by molar-refractivity contribution is 9.10. The Bertz CT molecular complexity index is 1170. The summed E-state index contributed by atoms with van der Waals surface area (Å²) < 4.78 is 0.762.